The zero-order chi connectivity index (χ0) is 16.7. The van der Waals surface area contributed by atoms with Gasteiger partial charge in [-0.3, -0.25) is 4.79 Å². The topological polar surface area (TPSA) is 93.8 Å². The first kappa shape index (κ1) is 16.5. The number of nitrogens with zero attached hydrogens (tertiary/aromatic N) is 2. The lowest BCUT2D eigenvalue weighted by Gasteiger charge is -1.99. The monoisotopic (exact) mass is 326 g/mol. The van der Waals surface area contributed by atoms with Crippen molar-refractivity contribution < 1.29 is 4.79 Å². The van der Waals surface area contributed by atoms with Crippen LogP contribution in [0.25, 0.3) is 6.08 Å². The van der Waals surface area contributed by atoms with Crippen molar-refractivity contribution in [3.8, 4) is 0 Å². The first-order chi connectivity index (χ1) is 11.1. The van der Waals surface area contributed by atoms with Crippen molar-refractivity contribution in [2.75, 3.05) is 0 Å². The van der Waals surface area contributed by atoms with Gasteiger partial charge in [-0.2, -0.15) is 5.10 Å². The van der Waals surface area contributed by atoms with Crippen LogP contribution in [0.5, 0.6) is 0 Å². The van der Waals surface area contributed by atoms with Crippen molar-refractivity contribution in [2.45, 2.75) is 0 Å². The molecule has 0 bridgehead atoms. The highest BCUT2D eigenvalue weighted by Crippen LogP contribution is 2.16. The van der Waals surface area contributed by atoms with Gasteiger partial charge in [0, 0.05) is 5.56 Å². The lowest BCUT2D eigenvalue weighted by Crippen LogP contribution is -2.21. The standard InChI is InChI=1S/C17H15ClN4O/c18-15-4-2-1-3-14(15)16(23)10-9-12-5-7-13(8-6-12)11-21-22-17(19)20/h1-11H,(H4,19,20,22)/b10-9+,21-11+. The number of guanidine groups is 1. The fourth-order valence-electron chi connectivity index (χ4n) is 1.78. The van der Waals surface area contributed by atoms with E-state index in [1.54, 1.807) is 30.3 Å². The van der Waals surface area contributed by atoms with E-state index in [-0.39, 0.29) is 11.7 Å². The van der Waals surface area contributed by atoms with E-state index in [0.29, 0.717) is 10.6 Å². The number of allylic oxidation sites excluding steroid dienone is 1. The van der Waals surface area contributed by atoms with E-state index in [9.17, 15) is 4.79 Å². The Morgan fingerprint density at radius 1 is 1.00 bits per heavy atom. The predicted molar refractivity (Wildman–Crippen MR) is 94.7 cm³/mol. The number of benzene rings is 2. The van der Waals surface area contributed by atoms with Crippen LogP contribution in [0, 0.1) is 0 Å². The van der Waals surface area contributed by atoms with Crippen LogP contribution in [0.4, 0.5) is 0 Å². The molecule has 6 heteroatoms. The zero-order valence-corrected chi connectivity index (χ0v) is 12.9. The van der Waals surface area contributed by atoms with Crippen molar-refractivity contribution in [1.29, 1.82) is 0 Å². The van der Waals surface area contributed by atoms with Crippen LogP contribution >= 0.6 is 11.6 Å². The molecule has 0 aromatic heterocycles. The van der Waals surface area contributed by atoms with Crippen LogP contribution in [-0.2, 0) is 0 Å². The smallest absolute Gasteiger partial charge is 0.211 e. The first-order valence-electron chi connectivity index (χ1n) is 6.75. The van der Waals surface area contributed by atoms with Gasteiger partial charge in [-0.1, -0.05) is 54.1 Å². The summed E-state index contributed by atoms with van der Waals surface area (Å²) < 4.78 is 0. The number of hydrogen-bond acceptors (Lipinski definition) is 3. The van der Waals surface area contributed by atoms with Gasteiger partial charge in [0.25, 0.3) is 0 Å². The minimum absolute atomic E-state index is 0.0983. The number of halogens is 1. The molecule has 0 aliphatic heterocycles. The SMILES string of the molecule is NC(N)=N/N=C/c1ccc(/C=C/C(=O)c2ccccc2Cl)cc1. The quantitative estimate of drug-likeness (QED) is 0.291. The molecule has 0 aliphatic rings. The molecule has 0 saturated heterocycles. The largest absolute Gasteiger partial charge is 0.369 e. The average Bonchev–Trinajstić information content (AvgIpc) is 2.54. The van der Waals surface area contributed by atoms with Crippen molar-refractivity contribution in [3.63, 3.8) is 0 Å². The molecule has 2 aromatic rings. The Morgan fingerprint density at radius 3 is 2.30 bits per heavy atom. The van der Waals surface area contributed by atoms with Gasteiger partial charge < -0.3 is 11.5 Å². The van der Waals surface area contributed by atoms with E-state index in [1.165, 1.54) is 12.3 Å². The highest BCUT2D eigenvalue weighted by molar-refractivity contribution is 6.34. The van der Waals surface area contributed by atoms with Crippen molar-refractivity contribution in [1.82, 2.24) is 0 Å². The van der Waals surface area contributed by atoms with Gasteiger partial charge in [0.15, 0.2) is 5.78 Å². The fraction of sp³-hybridized carbons (Fsp3) is 0. The number of nitrogens with two attached hydrogens (primary N) is 2. The maximum absolute atomic E-state index is 12.1. The van der Waals surface area contributed by atoms with E-state index in [2.05, 4.69) is 10.2 Å². The summed E-state index contributed by atoms with van der Waals surface area (Å²) >= 11 is 5.99. The molecular formula is C17H15ClN4O. The highest BCUT2D eigenvalue weighted by Gasteiger charge is 2.05. The molecule has 0 unspecified atom stereocenters. The van der Waals surface area contributed by atoms with Gasteiger partial charge in [-0.25, -0.2) is 0 Å². The minimum atomic E-state index is -0.144. The molecule has 0 fully saturated rings. The second-order valence-electron chi connectivity index (χ2n) is 4.61. The van der Waals surface area contributed by atoms with Gasteiger partial charge in [0.05, 0.1) is 11.2 Å². The Bertz CT molecular complexity index is 775. The second-order valence-corrected chi connectivity index (χ2v) is 5.02. The molecule has 0 radical (unpaired) electrons. The molecular weight excluding hydrogens is 312 g/mol. The van der Waals surface area contributed by atoms with Gasteiger partial charge in [0.2, 0.25) is 5.96 Å². The summed E-state index contributed by atoms with van der Waals surface area (Å²) in [4.78, 5) is 12.1. The van der Waals surface area contributed by atoms with Crippen molar-refractivity contribution in [2.24, 2.45) is 21.7 Å². The van der Waals surface area contributed by atoms with E-state index in [0.717, 1.165) is 11.1 Å². The summed E-state index contributed by atoms with van der Waals surface area (Å²) in [6, 6.07) is 14.3. The molecule has 0 amide bonds. The third kappa shape index (κ3) is 5.09. The Hall–Kier alpha value is -2.92. The summed E-state index contributed by atoms with van der Waals surface area (Å²) in [5.74, 6) is -0.243. The van der Waals surface area contributed by atoms with Crippen LogP contribution < -0.4 is 11.5 Å². The molecule has 2 rings (SSSR count). The Labute approximate surface area is 139 Å². The maximum atomic E-state index is 12.1. The molecule has 4 N–H and O–H groups in total. The fourth-order valence-corrected chi connectivity index (χ4v) is 2.01. The van der Waals surface area contributed by atoms with Crippen molar-refractivity contribution >= 4 is 35.6 Å². The Morgan fingerprint density at radius 2 is 1.65 bits per heavy atom. The molecule has 0 saturated carbocycles. The molecule has 23 heavy (non-hydrogen) atoms. The summed E-state index contributed by atoms with van der Waals surface area (Å²) in [5.41, 5.74) is 12.5. The van der Waals surface area contributed by atoms with Gasteiger partial charge in [0.1, 0.15) is 0 Å². The number of hydrogen-bond donors (Lipinski definition) is 2. The van der Waals surface area contributed by atoms with Crippen LogP contribution in [0.2, 0.25) is 5.02 Å². The number of rotatable bonds is 5. The third-order valence-electron chi connectivity index (χ3n) is 2.88. The zero-order valence-electron chi connectivity index (χ0n) is 12.2. The first-order valence-corrected chi connectivity index (χ1v) is 7.13. The summed E-state index contributed by atoms with van der Waals surface area (Å²) in [6.45, 7) is 0. The summed E-state index contributed by atoms with van der Waals surface area (Å²) in [5, 5.41) is 7.67. The highest BCUT2D eigenvalue weighted by atomic mass is 35.5. The Balaban J connectivity index is 2.06. The third-order valence-corrected chi connectivity index (χ3v) is 3.21. The van der Waals surface area contributed by atoms with Crippen molar-refractivity contribution in [3.05, 3.63) is 76.3 Å². The normalized spacial score (nSPS) is 11.0. The molecule has 116 valence electrons. The van der Waals surface area contributed by atoms with Crippen LogP contribution in [0.15, 0.2) is 64.8 Å². The van der Waals surface area contributed by atoms with E-state index in [1.807, 2.05) is 24.3 Å². The van der Waals surface area contributed by atoms with Crippen LogP contribution in [0.3, 0.4) is 0 Å². The number of carbonyl (C=O) groups excluding carboxylic acids is 1. The summed E-state index contributed by atoms with van der Waals surface area (Å²) in [7, 11) is 0. The lowest BCUT2D eigenvalue weighted by molar-refractivity contribution is 0.104. The van der Waals surface area contributed by atoms with Crippen LogP contribution in [-0.4, -0.2) is 18.0 Å². The van der Waals surface area contributed by atoms with Gasteiger partial charge in [-0.15, -0.1) is 5.10 Å². The van der Waals surface area contributed by atoms with Crippen LogP contribution in [0.1, 0.15) is 21.5 Å². The van der Waals surface area contributed by atoms with Gasteiger partial charge >= 0.3 is 0 Å². The summed E-state index contributed by atoms with van der Waals surface area (Å²) in [6.07, 6.45) is 4.74. The van der Waals surface area contributed by atoms with E-state index in [4.69, 9.17) is 23.1 Å². The predicted octanol–water partition coefficient (Wildman–Crippen LogP) is 2.84. The lowest BCUT2D eigenvalue weighted by atomic mass is 10.1. The van der Waals surface area contributed by atoms with E-state index >= 15 is 0 Å². The Kier molecular flexibility index (Phi) is 5.66. The number of carbonyl (C=O) groups is 1. The molecule has 0 spiro atoms. The molecule has 5 nitrogen and oxygen atoms in total. The molecule has 0 atom stereocenters. The second kappa shape index (κ2) is 7.91. The minimum Gasteiger partial charge on any atom is -0.369 e. The molecule has 2 aromatic carbocycles. The van der Waals surface area contributed by atoms with E-state index < -0.39 is 0 Å². The maximum Gasteiger partial charge on any atom is 0.211 e. The molecule has 0 heterocycles. The average molecular weight is 327 g/mol. The van der Waals surface area contributed by atoms with Gasteiger partial charge in [-0.05, 0) is 29.3 Å². The number of ketones is 1. The molecule has 0 aliphatic carbocycles.